The number of anilines is 3. The summed E-state index contributed by atoms with van der Waals surface area (Å²) in [5.41, 5.74) is 2.53. The zero-order chi connectivity index (χ0) is 18.5. The lowest BCUT2D eigenvalue weighted by Crippen LogP contribution is -2.21. The molecule has 1 amide bonds. The molecule has 0 spiro atoms. The number of hydrogen-bond acceptors (Lipinski definition) is 4. The molecule has 27 heavy (non-hydrogen) atoms. The molecule has 0 aliphatic carbocycles. The third-order valence-corrected chi connectivity index (χ3v) is 5.53. The molecule has 1 saturated heterocycles. The standard InChI is InChI=1S/C22H28N4O/c27-22-18-10-9-13-23-21(18)26(20-12-4-3-11-19(20)24-22)17-6-2-1-5-14-25-15-7-8-16-25/h3-4,9-13H,1-2,5-8,14-17H2,(H,24,27). The van der Waals surface area contributed by atoms with Gasteiger partial charge >= 0.3 is 0 Å². The minimum absolute atomic E-state index is 0.0846. The highest BCUT2D eigenvalue weighted by atomic mass is 16.1. The molecule has 0 unspecified atom stereocenters. The van der Waals surface area contributed by atoms with Crippen molar-refractivity contribution in [1.82, 2.24) is 9.88 Å². The maximum Gasteiger partial charge on any atom is 0.259 e. The number of hydrogen-bond donors (Lipinski definition) is 1. The van der Waals surface area contributed by atoms with Crippen molar-refractivity contribution in [3.8, 4) is 0 Å². The fourth-order valence-corrected chi connectivity index (χ4v) is 4.10. The second kappa shape index (κ2) is 8.53. The minimum atomic E-state index is -0.0846. The number of fused-ring (bicyclic) bond motifs is 2. The third kappa shape index (κ3) is 4.14. The Morgan fingerprint density at radius 3 is 2.56 bits per heavy atom. The molecule has 0 atom stereocenters. The molecule has 5 nitrogen and oxygen atoms in total. The Morgan fingerprint density at radius 2 is 1.70 bits per heavy atom. The van der Waals surface area contributed by atoms with Gasteiger partial charge < -0.3 is 15.1 Å². The van der Waals surface area contributed by atoms with E-state index in [1.54, 1.807) is 6.20 Å². The van der Waals surface area contributed by atoms with Gasteiger partial charge in [0.15, 0.2) is 0 Å². The number of aromatic nitrogens is 1. The van der Waals surface area contributed by atoms with Gasteiger partial charge in [0, 0.05) is 12.7 Å². The Morgan fingerprint density at radius 1 is 0.926 bits per heavy atom. The molecule has 2 aliphatic heterocycles. The smallest absolute Gasteiger partial charge is 0.259 e. The molecule has 1 aromatic carbocycles. The Bertz CT molecular complexity index is 785. The summed E-state index contributed by atoms with van der Waals surface area (Å²) in [6.45, 7) is 4.69. The van der Waals surface area contributed by atoms with Crippen molar-refractivity contribution < 1.29 is 4.79 Å². The Hall–Kier alpha value is -2.40. The molecule has 1 fully saturated rings. The van der Waals surface area contributed by atoms with Crippen LogP contribution in [0.5, 0.6) is 0 Å². The van der Waals surface area contributed by atoms with Crippen molar-refractivity contribution in [3.63, 3.8) is 0 Å². The fourth-order valence-electron chi connectivity index (χ4n) is 4.10. The predicted molar refractivity (Wildman–Crippen MR) is 110 cm³/mol. The fraction of sp³-hybridized carbons (Fsp3) is 0.455. The third-order valence-electron chi connectivity index (χ3n) is 5.53. The Kier molecular flexibility index (Phi) is 5.68. The second-order valence-corrected chi connectivity index (χ2v) is 7.46. The maximum atomic E-state index is 12.6. The van der Waals surface area contributed by atoms with Crippen molar-refractivity contribution in [2.24, 2.45) is 0 Å². The van der Waals surface area contributed by atoms with Gasteiger partial charge in [-0.2, -0.15) is 0 Å². The molecule has 3 heterocycles. The van der Waals surface area contributed by atoms with Crippen LogP contribution >= 0.6 is 0 Å². The molecule has 0 bridgehead atoms. The monoisotopic (exact) mass is 364 g/mol. The first-order chi connectivity index (χ1) is 13.3. The van der Waals surface area contributed by atoms with Gasteiger partial charge in [0.25, 0.3) is 5.91 Å². The average molecular weight is 364 g/mol. The molecule has 0 saturated carbocycles. The molecule has 1 N–H and O–H groups in total. The van der Waals surface area contributed by atoms with Crippen LogP contribution in [0, 0.1) is 0 Å². The topological polar surface area (TPSA) is 48.5 Å². The number of amides is 1. The van der Waals surface area contributed by atoms with E-state index in [0.29, 0.717) is 5.56 Å². The molecule has 2 aliphatic rings. The van der Waals surface area contributed by atoms with Gasteiger partial charge in [0.1, 0.15) is 5.82 Å². The normalized spacial score (nSPS) is 16.6. The number of pyridine rings is 1. The van der Waals surface area contributed by atoms with Crippen LogP contribution in [0.3, 0.4) is 0 Å². The van der Waals surface area contributed by atoms with Crippen molar-refractivity contribution in [2.45, 2.75) is 38.5 Å². The summed E-state index contributed by atoms with van der Waals surface area (Å²) in [6.07, 6.45) is 9.35. The molecular formula is C22H28N4O. The van der Waals surface area contributed by atoms with E-state index in [0.717, 1.165) is 30.2 Å². The first kappa shape index (κ1) is 18.0. The van der Waals surface area contributed by atoms with Crippen LogP contribution in [0.1, 0.15) is 48.9 Å². The SMILES string of the molecule is O=C1Nc2ccccc2N(CCCCCCN2CCCC2)c2ncccc21. The first-order valence-electron chi connectivity index (χ1n) is 10.2. The summed E-state index contributed by atoms with van der Waals surface area (Å²) in [5, 5.41) is 3.02. The summed E-state index contributed by atoms with van der Waals surface area (Å²) in [4.78, 5) is 21.9. The van der Waals surface area contributed by atoms with Gasteiger partial charge in [0.05, 0.1) is 16.9 Å². The van der Waals surface area contributed by atoms with E-state index in [1.807, 2.05) is 30.3 Å². The summed E-state index contributed by atoms with van der Waals surface area (Å²) in [6, 6.07) is 11.7. The molecule has 1 aromatic heterocycles. The van der Waals surface area contributed by atoms with Gasteiger partial charge in [-0.1, -0.05) is 25.0 Å². The maximum absolute atomic E-state index is 12.6. The predicted octanol–water partition coefficient (Wildman–Crippen LogP) is 4.44. The largest absolute Gasteiger partial charge is 0.324 e. The van der Waals surface area contributed by atoms with Crippen LogP contribution in [0.2, 0.25) is 0 Å². The lowest BCUT2D eigenvalue weighted by atomic mass is 10.1. The van der Waals surface area contributed by atoms with Gasteiger partial charge in [-0.05, 0) is 69.6 Å². The number of benzene rings is 1. The number of carbonyl (C=O) groups is 1. The number of nitrogens with zero attached hydrogens (tertiary/aromatic N) is 3. The van der Waals surface area contributed by atoms with E-state index in [9.17, 15) is 4.79 Å². The van der Waals surface area contributed by atoms with Gasteiger partial charge in [-0.15, -0.1) is 0 Å². The van der Waals surface area contributed by atoms with E-state index in [-0.39, 0.29) is 5.91 Å². The summed E-state index contributed by atoms with van der Waals surface area (Å²) < 4.78 is 0. The summed E-state index contributed by atoms with van der Waals surface area (Å²) in [7, 11) is 0. The first-order valence-corrected chi connectivity index (χ1v) is 10.2. The van der Waals surface area contributed by atoms with Crippen LogP contribution in [-0.2, 0) is 0 Å². The van der Waals surface area contributed by atoms with Crippen LogP contribution < -0.4 is 10.2 Å². The number of para-hydroxylation sites is 2. The van der Waals surface area contributed by atoms with Crippen LogP contribution in [-0.4, -0.2) is 42.0 Å². The highest BCUT2D eigenvalue weighted by Crippen LogP contribution is 2.36. The molecule has 0 radical (unpaired) electrons. The molecule has 142 valence electrons. The van der Waals surface area contributed by atoms with Crippen molar-refractivity contribution in [3.05, 3.63) is 48.2 Å². The van der Waals surface area contributed by atoms with E-state index < -0.39 is 0 Å². The van der Waals surface area contributed by atoms with E-state index in [4.69, 9.17) is 0 Å². The highest BCUT2D eigenvalue weighted by Gasteiger charge is 2.25. The second-order valence-electron chi connectivity index (χ2n) is 7.46. The zero-order valence-electron chi connectivity index (χ0n) is 15.9. The highest BCUT2D eigenvalue weighted by molar-refractivity contribution is 6.11. The minimum Gasteiger partial charge on any atom is -0.324 e. The van der Waals surface area contributed by atoms with Gasteiger partial charge in [-0.3, -0.25) is 4.79 Å². The Labute approximate surface area is 161 Å². The lowest BCUT2D eigenvalue weighted by molar-refractivity contribution is 0.102. The number of carbonyl (C=O) groups excluding carboxylic acids is 1. The average Bonchev–Trinajstić information content (AvgIpc) is 3.18. The molecule has 4 rings (SSSR count). The van der Waals surface area contributed by atoms with Crippen LogP contribution in [0.4, 0.5) is 17.2 Å². The molecular weight excluding hydrogens is 336 g/mol. The van der Waals surface area contributed by atoms with E-state index >= 15 is 0 Å². The summed E-state index contributed by atoms with van der Waals surface area (Å²) >= 11 is 0. The van der Waals surface area contributed by atoms with Crippen molar-refractivity contribution >= 4 is 23.1 Å². The zero-order valence-corrected chi connectivity index (χ0v) is 15.9. The summed E-state index contributed by atoms with van der Waals surface area (Å²) in [5.74, 6) is 0.677. The van der Waals surface area contributed by atoms with Crippen LogP contribution in [0.25, 0.3) is 0 Å². The van der Waals surface area contributed by atoms with Crippen LogP contribution in [0.15, 0.2) is 42.6 Å². The van der Waals surface area contributed by atoms with Crippen molar-refractivity contribution in [2.75, 3.05) is 36.4 Å². The number of nitrogens with one attached hydrogen (secondary N) is 1. The molecule has 2 aromatic rings. The number of unbranched alkanes of at least 4 members (excludes halogenated alkanes) is 3. The lowest BCUT2D eigenvalue weighted by Gasteiger charge is -2.24. The van der Waals surface area contributed by atoms with E-state index in [1.165, 1.54) is 51.7 Å². The Balaban J connectivity index is 1.40. The van der Waals surface area contributed by atoms with Crippen molar-refractivity contribution in [1.29, 1.82) is 0 Å². The number of likely N-dealkylation sites (tertiary alicyclic amines) is 1. The van der Waals surface area contributed by atoms with Gasteiger partial charge in [0.2, 0.25) is 0 Å². The van der Waals surface area contributed by atoms with Gasteiger partial charge in [-0.25, -0.2) is 4.98 Å². The quantitative estimate of drug-likeness (QED) is 0.738. The van der Waals surface area contributed by atoms with E-state index in [2.05, 4.69) is 26.2 Å². The molecule has 5 heteroatoms. The number of rotatable bonds is 7.